The highest BCUT2D eigenvalue weighted by Gasteiger charge is 2.45. The van der Waals surface area contributed by atoms with Gasteiger partial charge >= 0.3 is 5.69 Å². The number of phenols is 1. The fraction of sp³-hybridized carbons (Fsp3) is 0.351. The average molecular weight is 979 g/mol. The zero-order valence-corrected chi connectivity index (χ0v) is 42.1. The normalized spacial score (nSPS) is 17.7. The highest BCUT2D eigenvalue weighted by Crippen LogP contribution is 2.51. The van der Waals surface area contributed by atoms with Crippen molar-refractivity contribution in [3.05, 3.63) is 193 Å². The zero-order chi connectivity index (χ0) is 50.1. The van der Waals surface area contributed by atoms with E-state index in [9.17, 15) is 19.5 Å². The van der Waals surface area contributed by atoms with Crippen molar-refractivity contribution in [2.45, 2.75) is 109 Å². The Hall–Kier alpha value is -6.36. The molecule has 0 spiro atoms. The first-order chi connectivity index (χ1) is 34.4. The van der Waals surface area contributed by atoms with Gasteiger partial charge in [-0.25, -0.2) is 9.46 Å². The number of fused-ring (bicyclic) bond motifs is 2. The molecular formula is C57H63N4O9P. The number of methoxy groups -OCH3 is 1. The lowest BCUT2D eigenvalue weighted by Gasteiger charge is -2.39. The number of aromatic hydroxyl groups is 1. The second-order valence-corrected chi connectivity index (χ2v) is 19.9. The Bertz CT molecular complexity index is 2920. The van der Waals surface area contributed by atoms with Crippen LogP contribution in [0.5, 0.6) is 11.5 Å². The Balaban J connectivity index is 1.03. The number of rotatable bonds is 20. The summed E-state index contributed by atoms with van der Waals surface area (Å²) in [7, 11) is -0.0883. The minimum atomic E-state index is -1.71. The standard InChI is InChI=1S/C57H63N4O9P/c1-39(2)61(40(3)4)71(68-34-16-8-11-23-53(63)59-37-44-19-13-12-17-42(44)24-25-43-18-14-15-22-50(43)59)70-51-35-54(60-36-41(5)55(64)58-56(60)65)69-52(51)38-67-57(45-20-9-7-10-21-45,46-26-30-48(62)31-27-46)47-28-32-49(66-6)33-29-47/h7,9-10,12-15,17-22,26-33,36,39-40,51-52,54,62H,8,11,16,23,34-35,37-38H2,1-6H3,(H,58,64,65). The number of aromatic amines is 1. The van der Waals surface area contributed by atoms with Gasteiger partial charge in [0.2, 0.25) is 5.91 Å². The molecule has 370 valence electrons. The highest BCUT2D eigenvalue weighted by molar-refractivity contribution is 7.44. The number of phenolic OH excluding ortho intramolecular Hbond substituents is 1. The number of hydrogen-bond donors (Lipinski definition) is 2. The third-order valence-corrected chi connectivity index (χ3v) is 15.1. The molecule has 2 N–H and O–H groups in total. The van der Waals surface area contributed by atoms with E-state index in [1.54, 1.807) is 26.2 Å². The van der Waals surface area contributed by atoms with E-state index in [4.69, 9.17) is 23.3 Å². The van der Waals surface area contributed by atoms with Crippen molar-refractivity contribution in [2.75, 3.05) is 25.2 Å². The molecule has 14 heteroatoms. The summed E-state index contributed by atoms with van der Waals surface area (Å²) >= 11 is 0. The average Bonchev–Trinajstić information content (AvgIpc) is 3.76. The number of aromatic nitrogens is 2. The van der Waals surface area contributed by atoms with E-state index in [1.807, 2.05) is 120 Å². The number of benzene rings is 5. The number of para-hydroxylation sites is 1. The number of H-pyrrole nitrogens is 1. The van der Waals surface area contributed by atoms with Crippen LogP contribution in [0.4, 0.5) is 5.69 Å². The van der Waals surface area contributed by atoms with Crippen LogP contribution in [0.3, 0.4) is 0 Å². The number of amides is 1. The molecule has 1 fully saturated rings. The van der Waals surface area contributed by atoms with Crippen LogP contribution in [0.25, 0.3) is 0 Å². The van der Waals surface area contributed by atoms with Gasteiger partial charge in [0.1, 0.15) is 29.4 Å². The van der Waals surface area contributed by atoms with Crippen molar-refractivity contribution in [2.24, 2.45) is 0 Å². The molecule has 6 aromatic rings. The number of anilines is 1. The lowest BCUT2D eigenvalue weighted by atomic mass is 9.80. The van der Waals surface area contributed by atoms with Crippen LogP contribution in [-0.2, 0) is 35.5 Å². The number of aryl methyl sites for hydroxylation is 1. The van der Waals surface area contributed by atoms with E-state index in [0.717, 1.165) is 45.5 Å². The molecule has 2 aliphatic rings. The van der Waals surface area contributed by atoms with Crippen LogP contribution in [0, 0.1) is 18.8 Å². The first kappa shape index (κ1) is 51.0. The van der Waals surface area contributed by atoms with Gasteiger partial charge < -0.3 is 33.3 Å². The van der Waals surface area contributed by atoms with E-state index in [2.05, 4.69) is 49.2 Å². The van der Waals surface area contributed by atoms with Gasteiger partial charge in [-0.3, -0.25) is 19.1 Å². The van der Waals surface area contributed by atoms with Crippen molar-refractivity contribution in [3.8, 4) is 23.3 Å². The number of carbonyl (C=O) groups excluding carboxylic acids is 1. The number of ether oxygens (including phenoxy) is 3. The maximum Gasteiger partial charge on any atom is 0.330 e. The number of carbonyl (C=O) groups is 1. The summed E-state index contributed by atoms with van der Waals surface area (Å²) < 4.78 is 37.2. The minimum Gasteiger partial charge on any atom is -0.508 e. The quantitative estimate of drug-likeness (QED) is 0.0328. The fourth-order valence-corrected chi connectivity index (χ4v) is 11.2. The maximum atomic E-state index is 14.0. The summed E-state index contributed by atoms with van der Waals surface area (Å²) in [5, 5.41) is 10.4. The first-order valence-electron chi connectivity index (χ1n) is 24.3. The molecule has 1 amide bonds. The predicted molar refractivity (Wildman–Crippen MR) is 276 cm³/mol. The molecule has 5 aromatic carbocycles. The van der Waals surface area contributed by atoms with Gasteiger partial charge in [-0.05, 0) is 112 Å². The number of hydrogen-bond acceptors (Lipinski definition) is 10. The monoisotopic (exact) mass is 978 g/mol. The maximum absolute atomic E-state index is 14.0. The summed E-state index contributed by atoms with van der Waals surface area (Å²) in [4.78, 5) is 44.2. The largest absolute Gasteiger partial charge is 0.508 e. The Morgan fingerprint density at radius 3 is 2.17 bits per heavy atom. The lowest BCUT2D eigenvalue weighted by Crippen LogP contribution is -2.39. The summed E-state index contributed by atoms with van der Waals surface area (Å²) in [5.74, 6) is 7.41. The van der Waals surface area contributed by atoms with Crippen molar-refractivity contribution >= 4 is 20.1 Å². The predicted octanol–water partition coefficient (Wildman–Crippen LogP) is 10.1. The third kappa shape index (κ3) is 11.7. The van der Waals surface area contributed by atoms with Gasteiger partial charge in [0.05, 0.1) is 38.7 Å². The van der Waals surface area contributed by atoms with Crippen molar-refractivity contribution in [3.63, 3.8) is 0 Å². The molecular weight excluding hydrogens is 916 g/mol. The molecule has 0 bridgehead atoms. The van der Waals surface area contributed by atoms with Crippen LogP contribution in [0.2, 0.25) is 0 Å². The van der Waals surface area contributed by atoms with Crippen molar-refractivity contribution in [1.82, 2.24) is 14.2 Å². The molecule has 1 saturated heterocycles. The Morgan fingerprint density at radius 1 is 0.831 bits per heavy atom. The highest BCUT2D eigenvalue weighted by atomic mass is 31.2. The van der Waals surface area contributed by atoms with E-state index in [1.165, 1.54) is 10.8 Å². The number of nitrogens with one attached hydrogen (secondary N) is 1. The van der Waals surface area contributed by atoms with Gasteiger partial charge in [-0.1, -0.05) is 103 Å². The van der Waals surface area contributed by atoms with Crippen molar-refractivity contribution in [1.29, 1.82) is 0 Å². The minimum absolute atomic E-state index is 0.000262. The Kier molecular flexibility index (Phi) is 16.7. The van der Waals surface area contributed by atoms with Gasteiger partial charge in [0.15, 0.2) is 0 Å². The first-order valence-corrected chi connectivity index (χ1v) is 25.5. The van der Waals surface area contributed by atoms with Crippen LogP contribution in [-0.4, -0.2) is 69.9 Å². The lowest BCUT2D eigenvalue weighted by molar-refractivity contribution is -0.118. The smallest absolute Gasteiger partial charge is 0.330 e. The van der Waals surface area contributed by atoms with Gasteiger partial charge in [-0.15, -0.1) is 0 Å². The van der Waals surface area contributed by atoms with Crippen LogP contribution in [0.15, 0.2) is 143 Å². The van der Waals surface area contributed by atoms with E-state index >= 15 is 0 Å². The fourth-order valence-electron chi connectivity index (χ4n) is 9.36. The van der Waals surface area contributed by atoms with E-state index < -0.39 is 43.8 Å². The van der Waals surface area contributed by atoms with Crippen LogP contribution >= 0.6 is 8.53 Å². The molecule has 71 heavy (non-hydrogen) atoms. The molecule has 1 aromatic heterocycles. The second kappa shape index (κ2) is 23.2. The molecule has 0 radical (unpaired) electrons. The molecule has 5 unspecified atom stereocenters. The number of nitrogens with zero attached hydrogens (tertiary/aromatic N) is 3. The Labute approximate surface area is 417 Å². The zero-order valence-electron chi connectivity index (χ0n) is 41.2. The Morgan fingerprint density at radius 2 is 1.46 bits per heavy atom. The SMILES string of the molecule is COc1ccc(C(OCC2OC(n3cc(C)c(=O)[nH]c3=O)CC2OP(OCCCCCC(=O)N2Cc3ccccc3C#Cc3ccccc32)N(C(C)C)C(C)C)(c2ccccc2)c2ccc(O)cc2)cc1. The van der Waals surface area contributed by atoms with Gasteiger partial charge in [-0.2, -0.15) is 0 Å². The van der Waals surface area contributed by atoms with Crippen LogP contribution < -0.4 is 20.9 Å². The number of unbranched alkanes of at least 4 members (excludes halogenated alkanes) is 2. The molecule has 2 aliphatic heterocycles. The molecule has 0 aliphatic carbocycles. The molecule has 8 rings (SSSR count). The molecule has 3 heterocycles. The summed E-state index contributed by atoms with van der Waals surface area (Å²) in [6.45, 7) is 10.9. The summed E-state index contributed by atoms with van der Waals surface area (Å²) in [6, 6.07) is 40.4. The topological polar surface area (TPSA) is 145 Å². The molecule has 13 nitrogen and oxygen atoms in total. The van der Waals surface area contributed by atoms with Gasteiger partial charge in [0.25, 0.3) is 14.1 Å². The van der Waals surface area contributed by atoms with Gasteiger partial charge in [0, 0.05) is 47.8 Å². The van der Waals surface area contributed by atoms with E-state index in [0.29, 0.717) is 43.7 Å². The second-order valence-electron chi connectivity index (χ2n) is 18.5. The van der Waals surface area contributed by atoms with Crippen molar-refractivity contribution < 1.29 is 33.2 Å². The summed E-state index contributed by atoms with van der Waals surface area (Å²) in [5.41, 5.74) is 4.09. The van der Waals surface area contributed by atoms with Crippen LogP contribution in [0.1, 0.15) is 105 Å². The summed E-state index contributed by atoms with van der Waals surface area (Å²) in [6.07, 6.45) is 2.10. The van der Waals surface area contributed by atoms with E-state index in [-0.39, 0.29) is 36.8 Å². The molecule has 0 saturated carbocycles. The molecule has 5 atom stereocenters. The third-order valence-electron chi connectivity index (χ3n) is 12.9.